The Bertz CT molecular complexity index is 612. The number of nitrogens with one attached hydrogen (secondary N) is 1. The largest absolute Gasteiger partial charge is 0.497 e. The van der Waals surface area contributed by atoms with E-state index in [9.17, 15) is 5.11 Å². The number of hydrogen-bond donors (Lipinski definition) is 2. The third-order valence-corrected chi connectivity index (χ3v) is 4.17. The molecule has 3 nitrogen and oxygen atoms in total. The standard InChI is InChI=1S/C18H21NO2/c1-21-16-7-4-6-14(10-16)18(20)12-19-11-15-9-13-5-2-3-8-17(13)15/h2-8,10,15,18-20H,9,11-12H2,1H3. The number of rotatable bonds is 6. The molecule has 2 atom stereocenters. The number of fused-ring (bicyclic) bond motifs is 1. The lowest BCUT2D eigenvalue weighted by Crippen LogP contribution is -2.31. The van der Waals surface area contributed by atoms with Crippen LogP contribution in [0.3, 0.4) is 0 Å². The van der Waals surface area contributed by atoms with Crippen molar-refractivity contribution in [3.8, 4) is 5.75 Å². The highest BCUT2D eigenvalue weighted by Gasteiger charge is 2.24. The molecule has 21 heavy (non-hydrogen) atoms. The Morgan fingerprint density at radius 3 is 2.90 bits per heavy atom. The molecule has 0 heterocycles. The monoisotopic (exact) mass is 283 g/mol. The van der Waals surface area contributed by atoms with Gasteiger partial charge in [0, 0.05) is 19.0 Å². The van der Waals surface area contributed by atoms with Crippen LogP contribution in [0.1, 0.15) is 28.7 Å². The topological polar surface area (TPSA) is 41.5 Å². The molecule has 2 aromatic carbocycles. The van der Waals surface area contributed by atoms with Crippen LogP contribution in [0.2, 0.25) is 0 Å². The van der Waals surface area contributed by atoms with Crippen molar-refractivity contribution >= 4 is 0 Å². The summed E-state index contributed by atoms with van der Waals surface area (Å²) < 4.78 is 5.18. The van der Waals surface area contributed by atoms with E-state index in [2.05, 4.69) is 29.6 Å². The van der Waals surface area contributed by atoms with Gasteiger partial charge in [0.15, 0.2) is 0 Å². The Kier molecular flexibility index (Phi) is 4.23. The smallest absolute Gasteiger partial charge is 0.119 e. The summed E-state index contributed by atoms with van der Waals surface area (Å²) in [7, 11) is 1.64. The summed E-state index contributed by atoms with van der Waals surface area (Å²) in [6.45, 7) is 1.48. The van der Waals surface area contributed by atoms with Crippen LogP contribution in [0.15, 0.2) is 48.5 Å². The maximum absolute atomic E-state index is 10.2. The molecule has 110 valence electrons. The fourth-order valence-corrected chi connectivity index (χ4v) is 2.91. The number of benzene rings is 2. The number of ether oxygens (including phenoxy) is 1. The van der Waals surface area contributed by atoms with Gasteiger partial charge in [-0.2, -0.15) is 0 Å². The molecule has 0 radical (unpaired) electrons. The SMILES string of the molecule is COc1cccc(C(O)CNCC2Cc3ccccc32)c1. The van der Waals surface area contributed by atoms with Crippen molar-refractivity contribution in [1.82, 2.24) is 5.32 Å². The van der Waals surface area contributed by atoms with Crippen LogP contribution in [0.4, 0.5) is 0 Å². The van der Waals surface area contributed by atoms with E-state index in [0.29, 0.717) is 12.5 Å². The Labute approximate surface area is 125 Å². The molecule has 0 saturated heterocycles. The molecule has 1 aliphatic carbocycles. The van der Waals surface area contributed by atoms with E-state index < -0.39 is 6.10 Å². The van der Waals surface area contributed by atoms with E-state index in [0.717, 1.165) is 24.3 Å². The molecule has 3 heteroatoms. The Balaban J connectivity index is 1.50. The number of aliphatic hydroxyl groups excluding tert-OH is 1. The van der Waals surface area contributed by atoms with Gasteiger partial charge < -0.3 is 15.2 Å². The number of aliphatic hydroxyl groups is 1. The zero-order valence-electron chi connectivity index (χ0n) is 12.3. The van der Waals surface area contributed by atoms with Gasteiger partial charge >= 0.3 is 0 Å². The summed E-state index contributed by atoms with van der Waals surface area (Å²) >= 11 is 0. The van der Waals surface area contributed by atoms with Crippen molar-refractivity contribution < 1.29 is 9.84 Å². The maximum Gasteiger partial charge on any atom is 0.119 e. The molecule has 0 spiro atoms. The summed E-state index contributed by atoms with van der Waals surface area (Å²) in [6, 6.07) is 16.2. The molecule has 0 saturated carbocycles. The van der Waals surface area contributed by atoms with Gasteiger partial charge in [-0.05, 0) is 35.2 Å². The summed E-state index contributed by atoms with van der Waals surface area (Å²) in [5.41, 5.74) is 3.79. The van der Waals surface area contributed by atoms with Crippen LogP contribution in [-0.4, -0.2) is 25.3 Å². The lowest BCUT2D eigenvalue weighted by Gasteiger charge is -2.30. The fraction of sp³-hybridized carbons (Fsp3) is 0.333. The first-order valence-corrected chi connectivity index (χ1v) is 7.38. The van der Waals surface area contributed by atoms with Gasteiger partial charge in [-0.3, -0.25) is 0 Å². The van der Waals surface area contributed by atoms with Crippen molar-refractivity contribution in [3.05, 3.63) is 65.2 Å². The lowest BCUT2D eigenvalue weighted by atomic mass is 9.77. The van der Waals surface area contributed by atoms with Crippen LogP contribution in [0.25, 0.3) is 0 Å². The van der Waals surface area contributed by atoms with Gasteiger partial charge in [-0.1, -0.05) is 36.4 Å². The Morgan fingerprint density at radius 1 is 1.24 bits per heavy atom. The van der Waals surface area contributed by atoms with E-state index in [-0.39, 0.29) is 0 Å². The second-order valence-electron chi connectivity index (χ2n) is 5.55. The summed E-state index contributed by atoms with van der Waals surface area (Å²) in [5, 5.41) is 13.6. The average molecular weight is 283 g/mol. The van der Waals surface area contributed by atoms with Crippen molar-refractivity contribution in [3.63, 3.8) is 0 Å². The molecule has 2 unspecified atom stereocenters. The molecule has 0 amide bonds. The average Bonchev–Trinajstić information content (AvgIpc) is 2.51. The zero-order chi connectivity index (χ0) is 14.7. The van der Waals surface area contributed by atoms with Crippen LogP contribution in [0.5, 0.6) is 5.75 Å². The van der Waals surface area contributed by atoms with Gasteiger partial charge in [-0.25, -0.2) is 0 Å². The molecule has 1 aliphatic rings. The van der Waals surface area contributed by atoms with Gasteiger partial charge in [0.25, 0.3) is 0 Å². The van der Waals surface area contributed by atoms with Gasteiger partial charge in [0.1, 0.15) is 5.75 Å². The molecule has 0 aromatic heterocycles. The van der Waals surface area contributed by atoms with E-state index in [1.807, 2.05) is 24.3 Å². The molecule has 2 N–H and O–H groups in total. The lowest BCUT2D eigenvalue weighted by molar-refractivity contribution is 0.173. The molecule has 2 aromatic rings. The molecule has 3 rings (SSSR count). The molecular formula is C18H21NO2. The van der Waals surface area contributed by atoms with Crippen molar-refractivity contribution in [2.45, 2.75) is 18.4 Å². The van der Waals surface area contributed by atoms with Crippen LogP contribution in [0, 0.1) is 0 Å². The third-order valence-electron chi connectivity index (χ3n) is 4.17. The van der Waals surface area contributed by atoms with Crippen LogP contribution >= 0.6 is 0 Å². The first kappa shape index (κ1) is 14.1. The molecule has 0 aliphatic heterocycles. The normalized spacial score (nSPS) is 17.7. The van der Waals surface area contributed by atoms with Crippen molar-refractivity contribution in [1.29, 1.82) is 0 Å². The summed E-state index contributed by atoms with van der Waals surface area (Å²) in [6.07, 6.45) is 0.633. The maximum atomic E-state index is 10.2. The molecule has 0 bridgehead atoms. The summed E-state index contributed by atoms with van der Waals surface area (Å²) in [5.74, 6) is 1.36. The van der Waals surface area contributed by atoms with Crippen LogP contribution in [-0.2, 0) is 6.42 Å². The number of methoxy groups -OCH3 is 1. The Morgan fingerprint density at radius 2 is 2.10 bits per heavy atom. The highest BCUT2D eigenvalue weighted by atomic mass is 16.5. The Hall–Kier alpha value is -1.84. The first-order valence-electron chi connectivity index (χ1n) is 7.38. The van der Waals surface area contributed by atoms with E-state index in [1.54, 1.807) is 7.11 Å². The highest BCUT2D eigenvalue weighted by molar-refractivity contribution is 5.40. The second-order valence-corrected chi connectivity index (χ2v) is 5.55. The minimum atomic E-state index is -0.504. The quantitative estimate of drug-likeness (QED) is 0.856. The second kappa shape index (κ2) is 6.29. The summed E-state index contributed by atoms with van der Waals surface area (Å²) in [4.78, 5) is 0. The fourth-order valence-electron chi connectivity index (χ4n) is 2.91. The van der Waals surface area contributed by atoms with E-state index in [4.69, 9.17) is 4.74 Å². The van der Waals surface area contributed by atoms with Gasteiger partial charge in [0.2, 0.25) is 0 Å². The van der Waals surface area contributed by atoms with E-state index >= 15 is 0 Å². The van der Waals surface area contributed by atoms with Crippen molar-refractivity contribution in [2.75, 3.05) is 20.2 Å². The van der Waals surface area contributed by atoms with E-state index in [1.165, 1.54) is 11.1 Å². The van der Waals surface area contributed by atoms with Crippen LogP contribution < -0.4 is 10.1 Å². The van der Waals surface area contributed by atoms with Gasteiger partial charge in [-0.15, -0.1) is 0 Å². The number of hydrogen-bond acceptors (Lipinski definition) is 3. The molecular weight excluding hydrogens is 262 g/mol. The molecule has 0 fully saturated rings. The zero-order valence-corrected chi connectivity index (χ0v) is 12.3. The predicted molar refractivity (Wildman–Crippen MR) is 83.7 cm³/mol. The minimum Gasteiger partial charge on any atom is -0.497 e. The van der Waals surface area contributed by atoms with Gasteiger partial charge in [0.05, 0.1) is 13.2 Å². The highest BCUT2D eigenvalue weighted by Crippen LogP contribution is 2.34. The third kappa shape index (κ3) is 3.09. The van der Waals surface area contributed by atoms with Crippen molar-refractivity contribution in [2.24, 2.45) is 0 Å². The first-order chi connectivity index (χ1) is 10.3. The predicted octanol–water partition coefficient (Wildman–Crippen LogP) is 2.66. The minimum absolute atomic E-state index is 0.504.